The van der Waals surface area contributed by atoms with E-state index in [2.05, 4.69) is 0 Å². The molecule has 1 rings (SSSR count). The van der Waals surface area contributed by atoms with Gasteiger partial charge in [0.05, 0.1) is 24.0 Å². The Kier molecular flexibility index (Phi) is 3.76. The molecule has 0 fully saturated rings. The Bertz CT molecular complexity index is 420. The molecule has 0 aliphatic heterocycles. The second-order valence-electron chi connectivity index (χ2n) is 2.86. The maximum absolute atomic E-state index is 12.7. The van der Waals surface area contributed by atoms with Gasteiger partial charge in [0.2, 0.25) is 0 Å². The van der Waals surface area contributed by atoms with Gasteiger partial charge in [0.1, 0.15) is 5.82 Å². The lowest BCUT2D eigenvalue weighted by Gasteiger charge is -2.04. The molecule has 6 nitrogen and oxygen atoms in total. The van der Waals surface area contributed by atoms with Crippen LogP contribution in [-0.2, 0) is 4.79 Å². The van der Waals surface area contributed by atoms with Crippen molar-refractivity contribution in [2.45, 2.75) is 6.42 Å². The number of halogens is 1. The fraction of sp³-hybridized carbons (Fsp3) is 0.222. The molecule has 0 atom stereocenters. The molecular formula is C9H8FNO5. The normalized spacial score (nSPS) is 9.81. The molecule has 0 unspecified atom stereocenters. The summed E-state index contributed by atoms with van der Waals surface area (Å²) < 4.78 is 17.6. The average Bonchev–Trinajstić information content (AvgIpc) is 2.19. The standard InChI is InChI=1S/C9H8FNO5/c10-6-1-2-8(7(5-6)11(14)15)16-4-3-9(12)13/h1-2,5H,3-4H2,(H,12,13). The van der Waals surface area contributed by atoms with Gasteiger partial charge in [0.15, 0.2) is 5.75 Å². The molecule has 0 saturated heterocycles. The minimum absolute atomic E-state index is 0.146. The summed E-state index contributed by atoms with van der Waals surface area (Å²) in [7, 11) is 0. The Morgan fingerprint density at radius 3 is 2.81 bits per heavy atom. The molecule has 0 heterocycles. The van der Waals surface area contributed by atoms with Crippen LogP contribution < -0.4 is 4.74 Å². The van der Waals surface area contributed by atoms with E-state index in [0.29, 0.717) is 0 Å². The van der Waals surface area contributed by atoms with Crippen LogP contribution >= 0.6 is 0 Å². The number of hydrogen-bond acceptors (Lipinski definition) is 4. The van der Waals surface area contributed by atoms with Gasteiger partial charge in [0.25, 0.3) is 0 Å². The second-order valence-corrected chi connectivity index (χ2v) is 2.86. The lowest BCUT2D eigenvalue weighted by molar-refractivity contribution is -0.386. The summed E-state index contributed by atoms with van der Waals surface area (Å²) in [5, 5.41) is 18.9. The van der Waals surface area contributed by atoms with E-state index in [1.807, 2.05) is 0 Å². The summed E-state index contributed by atoms with van der Waals surface area (Å²) in [6.07, 6.45) is -0.283. The number of ether oxygens (including phenoxy) is 1. The highest BCUT2D eigenvalue weighted by Gasteiger charge is 2.16. The third-order valence-corrected chi connectivity index (χ3v) is 1.69. The van der Waals surface area contributed by atoms with Crippen LogP contribution in [0.1, 0.15) is 6.42 Å². The van der Waals surface area contributed by atoms with Gasteiger partial charge in [-0.1, -0.05) is 0 Å². The second kappa shape index (κ2) is 5.06. The van der Waals surface area contributed by atoms with E-state index >= 15 is 0 Å². The number of nitro groups is 1. The van der Waals surface area contributed by atoms with Gasteiger partial charge >= 0.3 is 11.7 Å². The number of rotatable bonds is 5. The van der Waals surface area contributed by atoms with Crippen LogP contribution in [0, 0.1) is 15.9 Å². The number of aliphatic carboxylic acids is 1. The molecule has 0 aliphatic carbocycles. The maximum Gasteiger partial charge on any atom is 0.313 e. The number of carboxylic acid groups (broad SMARTS) is 1. The highest BCUT2D eigenvalue weighted by molar-refractivity contribution is 5.66. The van der Waals surface area contributed by atoms with E-state index < -0.39 is 22.4 Å². The van der Waals surface area contributed by atoms with Crippen molar-refractivity contribution in [2.24, 2.45) is 0 Å². The molecule has 86 valence electrons. The molecule has 1 aromatic rings. The van der Waals surface area contributed by atoms with Crippen LogP contribution in [0.25, 0.3) is 0 Å². The molecule has 0 radical (unpaired) electrons. The van der Waals surface area contributed by atoms with Crippen molar-refractivity contribution < 1.29 is 24.0 Å². The number of nitrogens with zero attached hydrogens (tertiary/aromatic N) is 1. The molecule has 0 aliphatic rings. The Hall–Kier alpha value is -2.18. The average molecular weight is 229 g/mol. The maximum atomic E-state index is 12.7. The van der Waals surface area contributed by atoms with Crippen LogP contribution in [0.5, 0.6) is 5.75 Å². The van der Waals surface area contributed by atoms with Crippen LogP contribution in [0.2, 0.25) is 0 Å². The third-order valence-electron chi connectivity index (χ3n) is 1.69. The van der Waals surface area contributed by atoms with Gasteiger partial charge in [-0.2, -0.15) is 0 Å². The summed E-state index contributed by atoms with van der Waals surface area (Å²) in [6.45, 7) is -0.207. The number of benzene rings is 1. The third kappa shape index (κ3) is 3.19. The fourth-order valence-electron chi connectivity index (χ4n) is 1.00. The zero-order valence-electron chi connectivity index (χ0n) is 8.05. The zero-order chi connectivity index (χ0) is 12.1. The molecule has 7 heteroatoms. The van der Waals surface area contributed by atoms with Crippen LogP contribution in [0.3, 0.4) is 0 Å². The Labute approximate surface area is 89.4 Å². The van der Waals surface area contributed by atoms with Crippen LogP contribution in [-0.4, -0.2) is 22.6 Å². The molecule has 0 amide bonds. The predicted molar refractivity (Wildman–Crippen MR) is 50.8 cm³/mol. The minimum atomic E-state index is -1.08. The lowest BCUT2D eigenvalue weighted by Crippen LogP contribution is -2.06. The molecule has 16 heavy (non-hydrogen) atoms. The van der Waals surface area contributed by atoms with E-state index in [9.17, 15) is 19.3 Å². The monoisotopic (exact) mass is 229 g/mol. The predicted octanol–water partition coefficient (Wildman–Crippen LogP) is 1.59. The van der Waals surface area contributed by atoms with Gasteiger partial charge in [-0.3, -0.25) is 14.9 Å². The van der Waals surface area contributed by atoms with Crippen molar-refractivity contribution in [2.75, 3.05) is 6.61 Å². The zero-order valence-corrected chi connectivity index (χ0v) is 8.05. The summed E-state index contributed by atoms with van der Waals surface area (Å²) in [5.41, 5.74) is -0.523. The van der Waals surface area contributed by atoms with Gasteiger partial charge < -0.3 is 9.84 Å². The van der Waals surface area contributed by atoms with Crippen molar-refractivity contribution in [3.05, 3.63) is 34.1 Å². The molecule has 1 aromatic carbocycles. The highest BCUT2D eigenvalue weighted by atomic mass is 19.1. The van der Waals surface area contributed by atoms with Gasteiger partial charge in [-0.15, -0.1) is 0 Å². The first-order valence-corrected chi connectivity index (χ1v) is 4.29. The minimum Gasteiger partial charge on any atom is -0.486 e. The van der Waals surface area contributed by atoms with Crippen molar-refractivity contribution in [1.29, 1.82) is 0 Å². The van der Waals surface area contributed by atoms with Crippen molar-refractivity contribution in [3.63, 3.8) is 0 Å². The van der Waals surface area contributed by atoms with Gasteiger partial charge in [0, 0.05) is 0 Å². The van der Waals surface area contributed by atoms with Crippen molar-refractivity contribution in [3.8, 4) is 5.75 Å². The van der Waals surface area contributed by atoms with Gasteiger partial charge in [-0.05, 0) is 12.1 Å². The number of carboxylic acids is 1. The van der Waals surface area contributed by atoms with E-state index in [-0.39, 0.29) is 18.8 Å². The van der Waals surface area contributed by atoms with Crippen LogP contribution in [0.15, 0.2) is 18.2 Å². The number of nitro benzene ring substituents is 1. The SMILES string of the molecule is O=C(O)CCOc1ccc(F)cc1[N+](=O)[O-]. The summed E-state index contributed by atoms with van der Waals surface area (Å²) in [4.78, 5) is 19.9. The quantitative estimate of drug-likeness (QED) is 0.611. The Morgan fingerprint density at radius 1 is 1.56 bits per heavy atom. The molecule has 0 spiro atoms. The molecular weight excluding hydrogens is 221 g/mol. The summed E-state index contributed by atoms with van der Waals surface area (Å²) in [6, 6.07) is 2.81. The first kappa shape index (κ1) is 11.9. The first-order chi connectivity index (χ1) is 7.50. The van der Waals surface area contributed by atoms with E-state index in [1.54, 1.807) is 0 Å². The fourth-order valence-corrected chi connectivity index (χ4v) is 1.00. The van der Waals surface area contributed by atoms with E-state index in [4.69, 9.17) is 9.84 Å². The molecule has 0 bridgehead atoms. The Balaban J connectivity index is 2.78. The largest absolute Gasteiger partial charge is 0.486 e. The first-order valence-electron chi connectivity index (χ1n) is 4.29. The molecule has 0 aromatic heterocycles. The topological polar surface area (TPSA) is 89.7 Å². The van der Waals surface area contributed by atoms with E-state index in [1.165, 1.54) is 0 Å². The van der Waals surface area contributed by atoms with Crippen LogP contribution in [0.4, 0.5) is 10.1 Å². The molecule has 1 N–H and O–H groups in total. The number of carbonyl (C=O) groups is 1. The highest BCUT2D eigenvalue weighted by Crippen LogP contribution is 2.27. The molecule has 0 saturated carbocycles. The van der Waals surface area contributed by atoms with Gasteiger partial charge in [-0.25, -0.2) is 4.39 Å². The smallest absolute Gasteiger partial charge is 0.313 e. The van der Waals surface area contributed by atoms with Crippen molar-refractivity contribution >= 4 is 11.7 Å². The van der Waals surface area contributed by atoms with Crippen molar-refractivity contribution in [1.82, 2.24) is 0 Å². The summed E-state index contributed by atoms with van der Waals surface area (Å²) >= 11 is 0. The summed E-state index contributed by atoms with van der Waals surface area (Å²) in [5.74, 6) is -1.98. The Morgan fingerprint density at radius 2 is 2.25 bits per heavy atom. The lowest BCUT2D eigenvalue weighted by atomic mass is 10.3. The van der Waals surface area contributed by atoms with E-state index in [0.717, 1.165) is 18.2 Å². The number of hydrogen-bond donors (Lipinski definition) is 1.